The Morgan fingerprint density at radius 1 is 0.733 bits per heavy atom. The number of benzene rings is 1. The zero-order valence-corrected chi connectivity index (χ0v) is 15.4. The summed E-state index contributed by atoms with van der Waals surface area (Å²) in [5.74, 6) is 0. The molecule has 0 saturated carbocycles. The van der Waals surface area contributed by atoms with Crippen LogP contribution >= 0.6 is 0 Å². The van der Waals surface area contributed by atoms with E-state index in [0.717, 1.165) is 13.1 Å². The first-order valence-corrected chi connectivity index (χ1v) is 9.29. The third-order valence-electron chi connectivity index (χ3n) is 5.26. The number of aromatic nitrogens is 4. The van der Waals surface area contributed by atoms with Gasteiger partial charge in [-0.1, -0.05) is 0 Å². The van der Waals surface area contributed by atoms with Gasteiger partial charge >= 0.3 is 0 Å². The summed E-state index contributed by atoms with van der Waals surface area (Å²) in [6.07, 6.45) is 0. The monoisotopic (exact) mass is 393 g/mol. The molecule has 2 unspecified atom stereocenters. The third kappa shape index (κ3) is 2.32. The van der Waals surface area contributed by atoms with E-state index in [0.29, 0.717) is 44.8 Å². The van der Waals surface area contributed by atoms with Crippen molar-refractivity contribution in [3.8, 4) is 18.2 Å². The summed E-state index contributed by atoms with van der Waals surface area (Å²) in [5.41, 5.74) is 4.55. The molecule has 0 radical (unpaired) electrons. The van der Waals surface area contributed by atoms with Crippen LogP contribution in [0.4, 0.5) is 11.4 Å². The quantitative estimate of drug-likeness (QED) is 0.411. The molecule has 0 spiro atoms. The Morgan fingerprint density at radius 3 is 1.83 bits per heavy atom. The average Bonchev–Trinajstić information content (AvgIpc) is 3.70. The first-order valence-electron chi connectivity index (χ1n) is 9.29. The summed E-state index contributed by atoms with van der Waals surface area (Å²) < 4.78 is 0. The van der Waals surface area contributed by atoms with Gasteiger partial charge < -0.3 is 16.0 Å². The molecule has 3 N–H and O–H groups in total. The molecule has 11 nitrogen and oxygen atoms in total. The van der Waals surface area contributed by atoms with Gasteiger partial charge in [-0.05, 0) is 0 Å². The smallest absolute Gasteiger partial charge is 0.164 e. The van der Waals surface area contributed by atoms with Crippen LogP contribution < -0.4 is 16.0 Å². The Hall–Kier alpha value is -4.24. The van der Waals surface area contributed by atoms with Crippen molar-refractivity contribution in [1.82, 2.24) is 30.6 Å². The first kappa shape index (κ1) is 16.7. The van der Waals surface area contributed by atoms with E-state index in [2.05, 4.69) is 43.0 Å². The predicted molar refractivity (Wildman–Crippen MR) is 105 cm³/mol. The van der Waals surface area contributed by atoms with Crippen LogP contribution in [0.2, 0.25) is 0 Å². The van der Waals surface area contributed by atoms with Gasteiger partial charge in [-0.15, -0.1) is 0 Å². The maximum Gasteiger partial charge on any atom is 0.164 e. The molecule has 30 heavy (non-hydrogen) atoms. The Labute approximate surface area is 169 Å². The Kier molecular flexibility index (Phi) is 3.27. The van der Waals surface area contributed by atoms with E-state index >= 15 is 0 Å². The van der Waals surface area contributed by atoms with Gasteiger partial charge in [0.2, 0.25) is 0 Å². The van der Waals surface area contributed by atoms with E-state index in [1.54, 1.807) is 0 Å². The van der Waals surface area contributed by atoms with E-state index < -0.39 is 0 Å². The van der Waals surface area contributed by atoms with Crippen LogP contribution in [0.25, 0.3) is 22.1 Å². The van der Waals surface area contributed by atoms with Crippen molar-refractivity contribution in [2.45, 2.75) is 12.1 Å². The molecule has 5 heterocycles. The van der Waals surface area contributed by atoms with Gasteiger partial charge in [0, 0.05) is 13.1 Å². The van der Waals surface area contributed by atoms with Crippen molar-refractivity contribution in [3.63, 3.8) is 0 Å². The number of rotatable bonds is 2. The van der Waals surface area contributed by atoms with Gasteiger partial charge in [0.1, 0.15) is 51.7 Å². The number of nitrogens with one attached hydrogen (secondary N) is 3. The highest BCUT2D eigenvalue weighted by Gasteiger charge is 2.33. The van der Waals surface area contributed by atoms with Gasteiger partial charge in [0.05, 0.1) is 35.7 Å². The summed E-state index contributed by atoms with van der Waals surface area (Å²) >= 11 is 0. The number of anilines is 1. The van der Waals surface area contributed by atoms with Gasteiger partial charge in [0.15, 0.2) is 11.4 Å². The van der Waals surface area contributed by atoms with Crippen LogP contribution in [0.3, 0.4) is 0 Å². The molecule has 2 aromatic heterocycles. The standard InChI is InChI=1S/C19H11N11/c20-1-7-4-25-14-15(26-7)17-19(30-13(11-6-24-11)9(3-22)28-17)18-16(14)27-8(2-21)12(29-18)10-5-23-10/h10-11,23-25H,4-6H2. The van der Waals surface area contributed by atoms with Gasteiger partial charge in [-0.3, -0.25) is 0 Å². The summed E-state index contributed by atoms with van der Waals surface area (Å²) in [6.45, 7) is 1.67. The molecule has 0 amide bonds. The van der Waals surface area contributed by atoms with Crippen molar-refractivity contribution >= 4 is 39.2 Å². The highest BCUT2D eigenvalue weighted by molar-refractivity contribution is 6.18. The van der Waals surface area contributed by atoms with Crippen LogP contribution in [0.1, 0.15) is 34.9 Å². The molecular weight excluding hydrogens is 382 g/mol. The molecule has 0 aliphatic carbocycles. The molecule has 142 valence electrons. The zero-order valence-electron chi connectivity index (χ0n) is 15.4. The molecule has 6 rings (SSSR count). The summed E-state index contributed by atoms with van der Waals surface area (Å²) in [4.78, 5) is 23.1. The van der Waals surface area contributed by atoms with Crippen molar-refractivity contribution in [2.24, 2.45) is 4.99 Å². The first-order chi connectivity index (χ1) is 14.7. The lowest BCUT2D eigenvalue weighted by Crippen LogP contribution is -2.17. The summed E-state index contributed by atoms with van der Waals surface area (Å²) in [7, 11) is 0. The average molecular weight is 393 g/mol. The zero-order chi connectivity index (χ0) is 20.4. The molecule has 2 atom stereocenters. The summed E-state index contributed by atoms with van der Waals surface area (Å²) in [5, 5.41) is 38.0. The Morgan fingerprint density at radius 2 is 1.30 bits per heavy atom. The predicted octanol–water partition coefficient (Wildman–Crippen LogP) is 0.627. The second kappa shape index (κ2) is 5.88. The molecule has 11 heteroatoms. The third-order valence-corrected chi connectivity index (χ3v) is 5.26. The number of fused-ring (bicyclic) bond motifs is 6. The van der Waals surface area contributed by atoms with Crippen molar-refractivity contribution in [1.29, 1.82) is 15.8 Å². The Balaban J connectivity index is 1.79. The number of hydrogen-bond donors (Lipinski definition) is 3. The second-order valence-electron chi connectivity index (χ2n) is 7.20. The SMILES string of the molecule is N#CC1=Nc2c(c3nc(C#N)c(C4CN4)nc3c3nc(C4CN4)c(C#N)nc23)NC1. The fraction of sp³-hybridized carbons (Fsp3) is 0.263. The molecule has 0 bridgehead atoms. The van der Waals surface area contributed by atoms with Gasteiger partial charge in [0.25, 0.3) is 0 Å². The minimum absolute atomic E-state index is 0.0188. The van der Waals surface area contributed by atoms with E-state index in [1.807, 2.05) is 6.07 Å². The normalized spacial score (nSPS) is 21.0. The van der Waals surface area contributed by atoms with E-state index in [-0.39, 0.29) is 35.7 Å². The topological polar surface area (TPSA) is 191 Å². The fourth-order valence-corrected chi connectivity index (χ4v) is 3.64. The lowest BCUT2D eigenvalue weighted by atomic mass is 10.1. The van der Waals surface area contributed by atoms with Crippen LogP contribution in [0.5, 0.6) is 0 Å². The molecule has 3 aliphatic rings. The number of aliphatic imine (C=N–C) groups is 1. The molecule has 2 fully saturated rings. The molecule has 3 aromatic rings. The minimum atomic E-state index is -0.0326. The molecular formula is C19H11N11. The lowest BCUT2D eigenvalue weighted by molar-refractivity contribution is 0.966. The second-order valence-corrected chi connectivity index (χ2v) is 7.20. The number of hydrogen-bond acceptors (Lipinski definition) is 11. The molecule has 1 aromatic carbocycles. The van der Waals surface area contributed by atoms with Crippen LogP contribution in [0.15, 0.2) is 4.99 Å². The van der Waals surface area contributed by atoms with Crippen LogP contribution in [-0.2, 0) is 0 Å². The van der Waals surface area contributed by atoms with Crippen molar-refractivity contribution in [3.05, 3.63) is 22.8 Å². The number of nitrogens with zero attached hydrogens (tertiary/aromatic N) is 8. The molecule has 2 saturated heterocycles. The Bertz CT molecular complexity index is 1440. The van der Waals surface area contributed by atoms with Crippen LogP contribution in [-0.4, -0.2) is 45.3 Å². The van der Waals surface area contributed by atoms with Crippen molar-refractivity contribution < 1.29 is 0 Å². The fourth-order valence-electron chi connectivity index (χ4n) is 3.64. The highest BCUT2D eigenvalue weighted by atomic mass is 15.1. The maximum atomic E-state index is 9.61. The van der Waals surface area contributed by atoms with Crippen LogP contribution in [0, 0.1) is 34.0 Å². The van der Waals surface area contributed by atoms with E-state index in [1.165, 1.54) is 0 Å². The van der Waals surface area contributed by atoms with E-state index in [4.69, 9.17) is 9.97 Å². The minimum Gasteiger partial charge on any atom is -0.375 e. The largest absolute Gasteiger partial charge is 0.375 e. The van der Waals surface area contributed by atoms with Crippen molar-refractivity contribution in [2.75, 3.05) is 25.0 Å². The van der Waals surface area contributed by atoms with Gasteiger partial charge in [-0.25, -0.2) is 24.9 Å². The maximum absolute atomic E-state index is 9.61. The van der Waals surface area contributed by atoms with Gasteiger partial charge in [-0.2, -0.15) is 15.8 Å². The number of nitriles is 3. The molecule has 3 aliphatic heterocycles. The highest BCUT2D eigenvalue weighted by Crippen LogP contribution is 2.42. The summed E-state index contributed by atoms with van der Waals surface area (Å²) in [6, 6.07) is 6.23. The lowest BCUT2D eigenvalue weighted by Gasteiger charge is -2.19. The van der Waals surface area contributed by atoms with E-state index in [9.17, 15) is 15.8 Å².